The number of carboxylic acid groups (broad SMARTS) is 1. The lowest BCUT2D eigenvalue weighted by atomic mass is 10.2. The Morgan fingerprint density at radius 3 is 2.67 bits per heavy atom. The van der Waals surface area contributed by atoms with Crippen LogP contribution in [0.25, 0.3) is 0 Å². The van der Waals surface area contributed by atoms with Gasteiger partial charge in [-0.05, 0) is 12.1 Å². The Bertz CT molecular complexity index is 467. The van der Waals surface area contributed by atoms with E-state index in [1.165, 1.54) is 12.1 Å². The fourth-order valence-electron chi connectivity index (χ4n) is 1.11. The van der Waals surface area contributed by atoms with Crippen LogP contribution in [-0.4, -0.2) is 39.7 Å². The molecule has 0 radical (unpaired) electrons. The molecule has 1 rings (SSSR count). The van der Waals surface area contributed by atoms with Gasteiger partial charge in [0.1, 0.15) is 10.8 Å². The number of nitrogens with one attached hydrogen (secondary N) is 1. The Kier molecular flexibility index (Phi) is 5.33. The molecule has 0 aliphatic heterocycles. The number of aliphatic carboxylic acids is 1. The minimum Gasteiger partial charge on any atom is -0.479 e. The van der Waals surface area contributed by atoms with E-state index in [1.54, 1.807) is 0 Å². The van der Waals surface area contributed by atoms with Gasteiger partial charge < -0.3 is 15.5 Å². The number of hydrogen-bond acceptors (Lipinski definition) is 4. The Balaban J connectivity index is 2.55. The molecule has 0 saturated heterocycles. The molecule has 98 valence electrons. The summed E-state index contributed by atoms with van der Waals surface area (Å²) in [4.78, 5) is 25.7. The second kappa shape index (κ2) is 6.53. The minimum absolute atomic E-state index is 0.0170. The van der Waals surface area contributed by atoms with Crippen molar-refractivity contribution in [3.05, 3.63) is 28.0 Å². The van der Waals surface area contributed by atoms with E-state index in [-0.39, 0.29) is 28.8 Å². The number of pyridine rings is 1. The predicted octanol–water partition coefficient (Wildman–Crippen LogP) is 0.954. The zero-order chi connectivity index (χ0) is 13.7. The molecule has 0 spiro atoms. The number of amides is 1. The minimum atomic E-state index is -1.52. The second-order valence-electron chi connectivity index (χ2n) is 3.36. The van der Waals surface area contributed by atoms with Crippen molar-refractivity contribution in [3.8, 4) is 0 Å². The molecule has 0 saturated carbocycles. The average molecular weight is 293 g/mol. The summed E-state index contributed by atoms with van der Waals surface area (Å²) in [5.74, 6) is -1.93. The molecule has 0 bridgehead atoms. The number of aliphatic hydroxyl groups excluding tert-OH is 1. The number of rotatable bonds is 5. The molecule has 0 aromatic carbocycles. The third kappa shape index (κ3) is 4.14. The maximum absolute atomic E-state index is 11.6. The lowest BCUT2D eigenvalue weighted by Gasteiger charge is -2.08. The van der Waals surface area contributed by atoms with Crippen molar-refractivity contribution < 1.29 is 19.8 Å². The Hall–Kier alpha value is -1.37. The Morgan fingerprint density at radius 1 is 1.39 bits per heavy atom. The molecular weight excluding hydrogens is 283 g/mol. The molecule has 0 aliphatic rings. The van der Waals surface area contributed by atoms with Crippen molar-refractivity contribution in [2.24, 2.45) is 0 Å². The molecule has 1 heterocycles. The number of aromatic nitrogens is 1. The molecule has 1 unspecified atom stereocenters. The third-order valence-electron chi connectivity index (χ3n) is 2.02. The molecule has 18 heavy (non-hydrogen) atoms. The number of carbonyl (C=O) groups excluding carboxylic acids is 1. The van der Waals surface area contributed by atoms with Gasteiger partial charge in [0.2, 0.25) is 0 Å². The quantitative estimate of drug-likeness (QED) is 0.702. The van der Waals surface area contributed by atoms with Crippen LogP contribution >= 0.6 is 23.2 Å². The molecule has 1 amide bonds. The second-order valence-corrected chi connectivity index (χ2v) is 4.16. The van der Waals surface area contributed by atoms with Crippen molar-refractivity contribution in [3.63, 3.8) is 0 Å². The molecule has 1 aromatic heterocycles. The van der Waals surface area contributed by atoms with Gasteiger partial charge in [0.05, 0.1) is 5.02 Å². The van der Waals surface area contributed by atoms with Crippen molar-refractivity contribution in [1.29, 1.82) is 0 Å². The van der Waals surface area contributed by atoms with Crippen LogP contribution in [0, 0.1) is 0 Å². The number of carbonyl (C=O) groups is 2. The van der Waals surface area contributed by atoms with Crippen molar-refractivity contribution in [2.75, 3.05) is 6.54 Å². The number of halogens is 2. The van der Waals surface area contributed by atoms with E-state index in [2.05, 4.69) is 10.3 Å². The van der Waals surface area contributed by atoms with Crippen LogP contribution in [0.2, 0.25) is 10.2 Å². The molecule has 1 atom stereocenters. The molecule has 0 aliphatic carbocycles. The van der Waals surface area contributed by atoms with E-state index in [0.717, 1.165) is 0 Å². The van der Waals surface area contributed by atoms with E-state index in [1.807, 2.05) is 0 Å². The summed E-state index contributed by atoms with van der Waals surface area (Å²) in [6.45, 7) is -0.0170. The van der Waals surface area contributed by atoms with E-state index in [4.69, 9.17) is 33.4 Å². The first-order chi connectivity index (χ1) is 8.41. The van der Waals surface area contributed by atoms with Crippen LogP contribution in [0.4, 0.5) is 0 Å². The fourth-order valence-corrected chi connectivity index (χ4v) is 1.45. The highest BCUT2D eigenvalue weighted by atomic mass is 35.5. The summed E-state index contributed by atoms with van der Waals surface area (Å²) in [6, 6.07) is 2.87. The van der Waals surface area contributed by atoms with Gasteiger partial charge in [0, 0.05) is 13.0 Å². The number of nitrogens with zero attached hydrogens (tertiary/aromatic N) is 1. The highest BCUT2D eigenvalue weighted by Crippen LogP contribution is 2.16. The number of carboxylic acids is 1. The van der Waals surface area contributed by atoms with Gasteiger partial charge in [0.25, 0.3) is 5.91 Å². The summed E-state index contributed by atoms with van der Waals surface area (Å²) in [5.41, 5.74) is -0.0472. The van der Waals surface area contributed by atoms with E-state index in [9.17, 15) is 9.59 Å². The molecule has 8 heteroatoms. The highest BCUT2D eigenvalue weighted by Gasteiger charge is 2.15. The maximum Gasteiger partial charge on any atom is 0.332 e. The highest BCUT2D eigenvalue weighted by molar-refractivity contribution is 6.34. The topological polar surface area (TPSA) is 99.5 Å². The predicted molar refractivity (Wildman–Crippen MR) is 64.8 cm³/mol. The average Bonchev–Trinajstić information content (AvgIpc) is 2.31. The first-order valence-corrected chi connectivity index (χ1v) is 5.68. The first kappa shape index (κ1) is 14.7. The monoisotopic (exact) mass is 292 g/mol. The molecule has 6 nitrogen and oxygen atoms in total. The van der Waals surface area contributed by atoms with Gasteiger partial charge in [-0.3, -0.25) is 4.79 Å². The standard InChI is InChI=1S/C10H10Cl2N2O4/c11-5-1-2-7(12)14-8(5)9(16)13-4-3-6(15)10(17)18/h1-2,6,15H,3-4H2,(H,13,16)(H,17,18). The SMILES string of the molecule is O=C(NCCC(O)C(=O)O)c1nc(Cl)ccc1Cl. The summed E-state index contributed by atoms with van der Waals surface area (Å²) < 4.78 is 0. The van der Waals surface area contributed by atoms with E-state index < -0.39 is 18.0 Å². The van der Waals surface area contributed by atoms with Gasteiger partial charge in [-0.15, -0.1) is 0 Å². The summed E-state index contributed by atoms with van der Waals surface area (Å²) in [6.07, 6.45) is -1.63. The fraction of sp³-hybridized carbons (Fsp3) is 0.300. The van der Waals surface area contributed by atoms with Gasteiger partial charge in [-0.2, -0.15) is 0 Å². The van der Waals surface area contributed by atoms with Crippen LogP contribution in [0.1, 0.15) is 16.9 Å². The molecular formula is C10H10Cl2N2O4. The summed E-state index contributed by atoms with van der Waals surface area (Å²) >= 11 is 11.4. The van der Waals surface area contributed by atoms with Gasteiger partial charge in [-0.25, -0.2) is 9.78 Å². The normalized spacial score (nSPS) is 11.9. The van der Waals surface area contributed by atoms with Crippen LogP contribution in [0.3, 0.4) is 0 Å². The smallest absolute Gasteiger partial charge is 0.332 e. The van der Waals surface area contributed by atoms with Gasteiger partial charge in [-0.1, -0.05) is 23.2 Å². The zero-order valence-corrected chi connectivity index (χ0v) is 10.6. The molecule has 3 N–H and O–H groups in total. The Morgan fingerprint density at radius 2 is 2.06 bits per heavy atom. The van der Waals surface area contributed by atoms with Crippen molar-refractivity contribution in [1.82, 2.24) is 10.3 Å². The third-order valence-corrected chi connectivity index (χ3v) is 2.53. The zero-order valence-electron chi connectivity index (χ0n) is 9.06. The summed E-state index contributed by atoms with van der Waals surface area (Å²) in [5, 5.41) is 20.1. The maximum atomic E-state index is 11.6. The number of hydrogen-bond donors (Lipinski definition) is 3. The summed E-state index contributed by atoms with van der Waals surface area (Å²) in [7, 11) is 0. The van der Waals surface area contributed by atoms with Crippen LogP contribution < -0.4 is 5.32 Å². The number of aliphatic hydroxyl groups is 1. The largest absolute Gasteiger partial charge is 0.479 e. The van der Waals surface area contributed by atoms with Gasteiger partial charge >= 0.3 is 5.97 Å². The van der Waals surface area contributed by atoms with Gasteiger partial charge in [0.15, 0.2) is 6.10 Å². The van der Waals surface area contributed by atoms with Crippen LogP contribution in [0.5, 0.6) is 0 Å². The Labute approximate surface area is 113 Å². The lowest BCUT2D eigenvalue weighted by molar-refractivity contribution is -0.146. The van der Waals surface area contributed by atoms with Crippen LogP contribution in [0.15, 0.2) is 12.1 Å². The van der Waals surface area contributed by atoms with Crippen LogP contribution in [-0.2, 0) is 4.79 Å². The van der Waals surface area contributed by atoms with Crippen molar-refractivity contribution in [2.45, 2.75) is 12.5 Å². The van der Waals surface area contributed by atoms with E-state index >= 15 is 0 Å². The lowest BCUT2D eigenvalue weighted by Crippen LogP contribution is -2.30. The van der Waals surface area contributed by atoms with Crippen molar-refractivity contribution >= 4 is 35.1 Å². The molecule has 0 fully saturated rings. The first-order valence-electron chi connectivity index (χ1n) is 4.93. The molecule has 1 aromatic rings. The van der Waals surface area contributed by atoms with E-state index in [0.29, 0.717) is 0 Å².